The fourth-order valence-corrected chi connectivity index (χ4v) is 4.48. The predicted molar refractivity (Wildman–Crippen MR) is 116 cm³/mol. The molecule has 1 aliphatic carbocycles. The third kappa shape index (κ3) is 3.65. The van der Waals surface area contributed by atoms with Gasteiger partial charge >= 0.3 is 0 Å². The topological polar surface area (TPSA) is 56.5 Å². The summed E-state index contributed by atoms with van der Waals surface area (Å²) in [4.78, 5) is 21.4. The fraction of sp³-hybridized carbons (Fsp3) is 0.500. The van der Waals surface area contributed by atoms with Crippen molar-refractivity contribution in [3.63, 3.8) is 0 Å². The average molecular weight is 402 g/mol. The summed E-state index contributed by atoms with van der Waals surface area (Å²) in [5.74, 6) is 0.581. The Morgan fingerprint density at radius 1 is 1.43 bits per heavy atom. The van der Waals surface area contributed by atoms with Crippen molar-refractivity contribution in [1.82, 2.24) is 9.55 Å². The molecule has 6 heteroatoms. The van der Waals surface area contributed by atoms with E-state index in [0.29, 0.717) is 22.9 Å². The first-order chi connectivity index (χ1) is 13.3. The van der Waals surface area contributed by atoms with E-state index in [1.54, 1.807) is 17.8 Å². The molecule has 0 aliphatic heterocycles. The molecular formula is C22H28ClN3O2. The SMILES string of the molecule is C=N[C@H](COC1C(Cl)=c2c(c3ccnc(C)c3c(=O)n2C)=CC1C)CC(C)C. The van der Waals surface area contributed by atoms with Gasteiger partial charge in [-0.15, -0.1) is 0 Å². The van der Waals surface area contributed by atoms with Crippen molar-refractivity contribution < 1.29 is 4.74 Å². The molecule has 0 spiro atoms. The minimum Gasteiger partial charge on any atom is -0.370 e. The third-order valence-electron chi connectivity index (χ3n) is 5.39. The zero-order valence-corrected chi connectivity index (χ0v) is 18.0. The van der Waals surface area contributed by atoms with Gasteiger partial charge in [-0.1, -0.05) is 38.4 Å². The van der Waals surface area contributed by atoms with Crippen LogP contribution in [0.2, 0.25) is 0 Å². The van der Waals surface area contributed by atoms with Gasteiger partial charge in [0, 0.05) is 24.4 Å². The van der Waals surface area contributed by atoms with Gasteiger partial charge in [0.05, 0.1) is 34.1 Å². The zero-order valence-electron chi connectivity index (χ0n) is 17.2. The minimum absolute atomic E-state index is 0.0345. The van der Waals surface area contributed by atoms with E-state index < -0.39 is 0 Å². The summed E-state index contributed by atoms with van der Waals surface area (Å²) >= 11 is 6.81. The minimum atomic E-state index is -0.309. The molecule has 5 nitrogen and oxygen atoms in total. The van der Waals surface area contributed by atoms with Gasteiger partial charge in [0.15, 0.2) is 0 Å². The molecule has 2 aromatic rings. The van der Waals surface area contributed by atoms with Crippen LogP contribution in [0, 0.1) is 18.8 Å². The second-order valence-corrected chi connectivity index (χ2v) is 8.45. The zero-order chi connectivity index (χ0) is 20.6. The van der Waals surface area contributed by atoms with Crippen molar-refractivity contribution in [1.29, 1.82) is 0 Å². The largest absolute Gasteiger partial charge is 0.370 e. The van der Waals surface area contributed by atoms with Crippen LogP contribution in [0.15, 0.2) is 22.1 Å². The molecule has 28 heavy (non-hydrogen) atoms. The van der Waals surface area contributed by atoms with Crippen LogP contribution < -0.4 is 16.1 Å². The molecule has 150 valence electrons. The number of aryl methyl sites for hydroxylation is 1. The van der Waals surface area contributed by atoms with Gasteiger partial charge in [0.25, 0.3) is 5.56 Å². The van der Waals surface area contributed by atoms with E-state index in [9.17, 15) is 4.79 Å². The van der Waals surface area contributed by atoms with Gasteiger partial charge in [-0.3, -0.25) is 14.8 Å². The highest BCUT2D eigenvalue weighted by Crippen LogP contribution is 2.25. The second kappa shape index (κ2) is 8.18. The fourth-order valence-electron chi connectivity index (χ4n) is 3.99. The number of rotatable bonds is 6. The number of ether oxygens (including phenoxy) is 1. The third-order valence-corrected chi connectivity index (χ3v) is 5.79. The Morgan fingerprint density at radius 3 is 2.79 bits per heavy atom. The first-order valence-electron chi connectivity index (χ1n) is 9.69. The quantitative estimate of drug-likeness (QED) is 0.699. The van der Waals surface area contributed by atoms with Gasteiger partial charge in [0.1, 0.15) is 6.10 Å². The maximum Gasteiger partial charge on any atom is 0.260 e. The number of halogens is 1. The van der Waals surface area contributed by atoms with E-state index in [1.165, 1.54) is 0 Å². The summed E-state index contributed by atoms with van der Waals surface area (Å²) in [7, 11) is 1.75. The molecule has 2 unspecified atom stereocenters. The highest BCUT2D eigenvalue weighted by atomic mass is 35.5. The smallest absolute Gasteiger partial charge is 0.260 e. The molecule has 0 radical (unpaired) electrons. The Morgan fingerprint density at radius 2 is 2.14 bits per heavy atom. The predicted octanol–water partition coefficient (Wildman–Crippen LogP) is 2.52. The number of hydrogen-bond acceptors (Lipinski definition) is 4. The van der Waals surface area contributed by atoms with Gasteiger partial charge < -0.3 is 9.30 Å². The molecule has 0 saturated heterocycles. The number of aromatic nitrogens is 2. The monoisotopic (exact) mass is 401 g/mol. The summed E-state index contributed by atoms with van der Waals surface area (Å²) in [5, 5.41) is 3.79. The summed E-state index contributed by atoms with van der Waals surface area (Å²) in [5.41, 5.74) is 0.634. The second-order valence-electron chi connectivity index (χ2n) is 8.04. The van der Waals surface area contributed by atoms with Crippen LogP contribution in [0.3, 0.4) is 0 Å². The molecule has 0 bridgehead atoms. The highest BCUT2D eigenvalue weighted by Gasteiger charge is 2.27. The average Bonchev–Trinajstić information content (AvgIpc) is 2.64. The molecule has 2 heterocycles. The van der Waals surface area contributed by atoms with Crippen molar-refractivity contribution in [3.8, 4) is 0 Å². The van der Waals surface area contributed by atoms with E-state index >= 15 is 0 Å². The van der Waals surface area contributed by atoms with E-state index in [-0.39, 0.29) is 23.6 Å². The Balaban J connectivity index is 2.12. The van der Waals surface area contributed by atoms with Crippen LogP contribution in [-0.4, -0.2) is 35.0 Å². The first kappa shape index (κ1) is 20.7. The molecule has 0 N–H and O–H groups in total. The van der Waals surface area contributed by atoms with Gasteiger partial charge in [0.2, 0.25) is 0 Å². The molecule has 0 fully saturated rings. The van der Waals surface area contributed by atoms with Crippen LogP contribution in [-0.2, 0) is 11.8 Å². The Kier molecular flexibility index (Phi) is 6.06. The summed E-state index contributed by atoms with van der Waals surface area (Å²) < 4.78 is 7.80. The van der Waals surface area contributed by atoms with Crippen molar-refractivity contribution in [2.45, 2.75) is 46.3 Å². The van der Waals surface area contributed by atoms with Crippen molar-refractivity contribution in [2.75, 3.05) is 6.61 Å². The lowest BCUT2D eigenvalue weighted by atomic mass is 9.95. The molecule has 3 atom stereocenters. The lowest BCUT2D eigenvalue weighted by Gasteiger charge is -2.27. The van der Waals surface area contributed by atoms with E-state index in [0.717, 1.165) is 28.1 Å². The summed E-state index contributed by atoms with van der Waals surface area (Å²) in [6.45, 7) is 12.4. The van der Waals surface area contributed by atoms with Crippen LogP contribution in [0.1, 0.15) is 32.9 Å². The Labute approximate surface area is 170 Å². The number of hydrogen-bond donors (Lipinski definition) is 0. The number of pyridine rings is 2. The highest BCUT2D eigenvalue weighted by molar-refractivity contribution is 6.46. The molecule has 2 aromatic heterocycles. The van der Waals surface area contributed by atoms with Crippen LogP contribution in [0.25, 0.3) is 21.9 Å². The molecule has 0 amide bonds. The summed E-state index contributed by atoms with van der Waals surface area (Å²) in [6.07, 6.45) is 4.49. The standard InChI is InChI=1S/C22H28ClN3O2/c1-12(2)9-15(24-5)11-28-21-13(3)10-17-16-7-8-25-14(4)18(16)22(27)26(6)20(17)19(21)23/h7-8,10,12-13,15,21H,5,9,11H2,1-4,6H3/t13?,15-,21?/m0/s1. The van der Waals surface area contributed by atoms with Crippen molar-refractivity contribution in [3.05, 3.63) is 38.9 Å². The van der Waals surface area contributed by atoms with Crippen molar-refractivity contribution >= 4 is 40.2 Å². The number of nitrogens with zero attached hydrogens (tertiary/aromatic N) is 3. The lowest BCUT2D eigenvalue weighted by molar-refractivity contribution is 0.0608. The normalized spacial score (nSPS) is 20.2. The lowest BCUT2D eigenvalue weighted by Crippen LogP contribution is -2.48. The maximum absolute atomic E-state index is 13.0. The van der Waals surface area contributed by atoms with Crippen LogP contribution in [0.4, 0.5) is 0 Å². The molecule has 3 rings (SSSR count). The Hall–Kier alpha value is -1.98. The number of aliphatic imine (C=N–C) groups is 1. The molecule has 1 aliphatic rings. The molecule has 0 saturated carbocycles. The van der Waals surface area contributed by atoms with E-state index in [4.69, 9.17) is 16.3 Å². The van der Waals surface area contributed by atoms with Crippen LogP contribution in [0.5, 0.6) is 0 Å². The first-order valence-corrected chi connectivity index (χ1v) is 10.1. The Bertz CT molecular complexity index is 1090. The van der Waals surface area contributed by atoms with Gasteiger partial charge in [-0.25, -0.2) is 0 Å². The van der Waals surface area contributed by atoms with E-state index in [2.05, 4.69) is 43.5 Å². The maximum atomic E-state index is 13.0. The van der Waals surface area contributed by atoms with Gasteiger partial charge in [-0.05, 0) is 37.4 Å². The van der Waals surface area contributed by atoms with Gasteiger partial charge in [-0.2, -0.15) is 0 Å². The molecular weight excluding hydrogens is 374 g/mol. The van der Waals surface area contributed by atoms with Crippen molar-refractivity contribution in [2.24, 2.45) is 23.9 Å². The van der Waals surface area contributed by atoms with Crippen LogP contribution >= 0.6 is 11.6 Å². The molecule has 0 aromatic carbocycles. The number of fused-ring (bicyclic) bond motifs is 3. The summed E-state index contributed by atoms with van der Waals surface area (Å²) in [6, 6.07) is 1.92. The van der Waals surface area contributed by atoms with E-state index in [1.807, 2.05) is 13.0 Å².